The van der Waals surface area contributed by atoms with Gasteiger partial charge in [0.25, 0.3) is 0 Å². The van der Waals surface area contributed by atoms with Crippen LogP contribution in [0.3, 0.4) is 0 Å². The molecule has 1 aromatic carbocycles. The second kappa shape index (κ2) is 4.15. The van der Waals surface area contributed by atoms with Crippen LogP contribution >= 0.6 is 0 Å². The van der Waals surface area contributed by atoms with E-state index in [0.29, 0.717) is 0 Å². The van der Waals surface area contributed by atoms with Gasteiger partial charge in [0.2, 0.25) is 5.91 Å². The average molecular weight is 232 g/mol. The summed E-state index contributed by atoms with van der Waals surface area (Å²) in [5.41, 5.74) is 11.7. The van der Waals surface area contributed by atoms with Gasteiger partial charge in [0.15, 0.2) is 0 Å². The molecule has 1 aliphatic rings. The maximum Gasteiger partial charge on any atom is 0.231 e. The van der Waals surface area contributed by atoms with Gasteiger partial charge >= 0.3 is 0 Å². The van der Waals surface area contributed by atoms with Crippen molar-refractivity contribution in [2.45, 2.75) is 46.1 Å². The van der Waals surface area contributed by atoms with E-state index in [-0.39, 0.29) is 17.9 Å². The zero-order valence-corrected chi connectivity index (χ0v) is 10.9. The van der Waals surface area contributed by atoms with Crippen LogP contribution in [-0.4, -0.2) is 11.9 Å². The highest BCUT2D eigenvalue weighted by atomic mass is 16.2. The second-order valence-electron chi connectivity index (χ2n) is 5.15. The second-order valence-corrected chi connectivity index (χ2v) is 5.15. The number of nitrogens with one attached hydrogen (secondary N) is 1. The van der Waals surface area contributed by atoms with E-state index in [0.717, 1.165) is 17.7 Å². The van der Waals surface area contributed by atoms with Crippen LogP contribution in [0.2, 0.25) is 0 Å². The van der Waals surface area contributed by atoms with Crippen molar-refractivity contribution < 1.29 is 4.79 Å². The van der Waals surface area contributed by atoms with Crippen molar-refractivity contribution in [2.24, 2.45) is 5.73 Å². The molecule has 0 fully saturated rings. The summed E-state index contributed by atoms with van der Waals surface area (Å²) in [5.74, 6) is 0.0482. The van der Waals surface area contributed by atoms with Gasteiger partial charge in [-0.1, -0.05) is 6.07 Å². The molecule has 2 unspecified atom stereocenters. The largest absolute Gasteiger partial charge is 0.328 e. The van der Waals surface area contributed by atoms with Crippen LogP contribution in [0.25, 0.3) is 0 Å². The van der Waals surface area contributed by atoms with Crippen LogP contribution < -0.4 is 11.1 Å². The lowest BCUT2D eigenvalue weighted by molar-refractivity contribution is -0.116. The van der Waals surface area contributed by atoms with Gasteiger partial charge in [-0.05, 0) is 56.4 Å². The van der Waals surface area contributed by atoms with Gasteiger partial charge in [-0.3, -0.25) is 4.79 Å². The molecule has 0 radical (unpaired) electrons. The van der Waals surface area contributed by atoms with Crippen molar-refractivity contribution in [2.75, 3.05) is 5.32 Å². The number of nitrogens with two attached hydrogens (primary N) is 1. The molecule has 92 valence electrons. The Labute approximate surface area is 102 Å². The summed E-state index contributed by atoms with van der Waals surface area (Å²) in [6, 6.07) is 2.23. The number of fused-ring (bicyclic) bond motifs is 1. The molecular formula is C14H20N2O. The van der Waals surface area contributed by atoms with E-state index in [2.05, 4.69) is 25.2 Å². The summed E-state index contributed by atoms with van der Waals surface area (Å²) >= 11 is 0. The molecule has 0 saturated carbocycles. The summed E-state index contributed by atoms with van der Waals surface area (Å²) in [7, 11) is 0. The van der Waals surface area contributed by atoms with E-state index < -0.39 is 0 Å². The van der Waals surface area contributed by atoms with Crippen LogP contribution in [0.15, 0.2) is 6.07 Å². The van der Waals surface area contributed by atoms with E-state index in [1.54, 1.807) is 0 Å². The Morgan fingerprint density at radius 1 is 1.47 bits per heavy atom. The van der Waals surface area contributed by atoms with Crippen LogP contribution in [0.4, 0.5) is 5.69 Å². The monoisotopic (exact) mass is 232 g/mol. The average Bonchev–Trinajstić information content (AvgIpc) is 2.52. The lowest BCUT2D eigenvalue weighted by atomic mass is 9.91. The maximum atomic E-state index is 11.7. The van der Waals surface area contributed by atoms with Gasteiger partial charge in [0.05, 0.1) is 5.92 Å². The number of anilines is 1. The standard InChI is InChI=1S/C14H20N2O/c1-7-5-11-10(4)14(17)16-13(11)12(9(7)3)6-8(2)15/h5,8,10H,6,15H2,1-4H3,(H,16,17). The number of hydrogen-bond acceptors (Lipinski definition) is 2. The summed E-state index contributed by atoms with van der Waals surface area (Å²) in [4.78, 5) is 11.7. The predicted octanol–water partition coefficient (Wildman–Crippen LogP) is 2.25. The molecule has 1 amide bonds. The van der Waals surface area contributed by atoms with E-state index in [1.807, 2.05) is 13.8 Å². The zero-order valence-electron chi connectivity index (χ0n) is 10.9. The SMILES string of the molecule is Cc1cc2c(c(CC(C)N)c1C)NC(=O)C2C. The third-order valence-electron chi connectivity index (χ3n) is 3.64. The number of carbonyl (C=O) groups excluding carboxylic acids is 1. The smallest absolute Gasteiger partial charge is 0.231 e. The molecule has 0 aliphatic carbocycles. The highest BCUT2D eigenvalue weighted by Gasteiger charge is 2.29. The summed E-state index contributed by atoms with van der Waals surface area (Å²) < 4.78 is 0. The first-order chi connectivity index (χ1) is 7.91. The van der Waals surface area contributed by atoms with Crippen LogP contribution in [-0.2, 0) is 11.2 Å². The molecule has 2 rings (SSSR count). The lowest BCUT2D eigenvalue weighted by Gasteiger charge is -2.16. The Kier molecular flexibility index (Phi) is 2.96. The van der Waals surface area contributed by atoms with Crippen molar-refractivity contribution >= 4 is 11.6 Å². The Morgan fingerprint density at radius 3 is 2.71 bits per heavy atom. The summed E-state index contributed by atoms with van der Waals surface area (Å²) in [6.07, 6.45) is 0.808. The number of rotatable bonds is 2. The molecular weight excluding hydrogens is 212 g/mol. The normalized spacial score (nSPS) is 20.1. The van der Waals surface area contributed by atoms with E-state index in [4.69, 9.17) is 5.73 Å². The van der Waals surface area contributed by atoms with Gasteiger partial charge < -0.3 is 11.1 Å². The minimum Gasteiger partial charge on any atom is -0.328 e. The first-order valence-corrected chi connectivity index (χ1v) is 6.11. The molecule has 3 nitrogen and oxygen atoms in total. The minimum atomic E-state index is -0.0452. The number of benzene rings is 1. The fourth-order valence-electron chi connectivity index (χ4n) is 2.45. The molecule has 3 heteroatoms. The first kappa shape index (κ1) is 12.1. The van der Waals surface area contributed by atoms with E-state index in [1.165, 1.54) is 16.7 Å². The quantitative estimate of drug-likeness (QED) is 0.821. The Morgan fingerprint density at radius 2 is 2.12 bits per heavy atom. The molecule has 1 aliphatic heterocycles. The van der Waals surface area contributed by atoms with E-state index in [9.17, 15) is 4.79 Å². The van der Waals surface area contributed by atoms with Crippen molar-refractivity contribution in [1.29, 1.82) is 0 Å². The third kappa shape index (κ3) is 1.95. The Bertz CT molecular complexity index is 478. The molecule has 1 aromatic rings. The fourth-order valence-corrected chi connectivity index (χ4v) is 2.45. The van der Waals surface area contributed by atoms with Crippen molar-refractivity contribution in [3.05, 3.63) is 28.3 Å². The van der Waals surface area contributed by atoms with Crippen LogP contribution in [0.5, 0.6) is 0 Å². The predicted molar refractivity (Wildman–Crippen MR) is 70.3 cm³/mol. The number of carbonyl (C=O) groups is 1. The molecule has 2 atom stereocenters. The molecule has 0 saturated heterocycles. The molecule has 0 aromatic heterocycles. The van der Waals surface area contributed by atoms with Gasteiger partial charge in [0.1, 0.15) is 0 Å². The van der Waals surface area contributed by atoms with Crippen molar-refractivity contribution in [3.63, 3.8) is 0 Å². The Balaban J connectivity index is 2.59. The number of amides is 1. The summed E-state index contributed by atoms with van der Waals surface area (Å²) in [5, 5.41) is 2.99. The van der Waals surface area contributed by atoms with Crippen LogP contribution in [0.1, 0.15) is 42.0 Å². The highest BCUT2D eigenvalue weighted by Crippen LogP contribution is 2.38. The molecule has 0 spiro atoms. The fraction of sp³-hybridized carbons (Fsp3) is 0.500. The first-order valence-electron chi connectivity index (χ1n) is 6.11. The van der Waals surface area contributed by atoms with E-state index >= 15 is 0 Å². The minimum absolute atomic E-state index is 0.0452. The Hall–Kier alpha value is -1.35. The van der Waals surface area contributed by atoms with Gasteiger partial charge in [0, 0.05) is 11.7 Å². The van der Waals surface area contributed by atoms with Gasteiger partial charge in [-0.2, -0.15) is 0 Å². The molecule has 3 N–H and O–H groups in total. The van der Waals surface area contributed by atoms with Gasteiger partial charge in [-0.15, -0.1) is 0 Å². The zero-order chi connectivity index (χ0) is 12.7. The van der Waals surface area contributed by atoms with Crippen molar-refractivity contribution in [1.82, 2.24) is 0 Å². The third-order valence-corrected chi connectivity index (χ3v) is 3.64. The molecule has 1 heterocycles. The van der Waals surface area contributed by atoms with Crippen molar-refractivity contribution in [3.8, 4) is 0 Å². The van der Waals surface area contributed by atoms with Crippen LogP contribution in [0, 0.1) is 13.8 Å². The lowest BCUT2D eigenvalue weighted by Crippen LogP contribution is -2.19. The number of hydrogen-bond donors (Lipinski definition) is 2. The summed E-state index contributed by atoms with van der Waals surface area (Å²) in [6.45, 7) is 8.14. The topological polar surface area (TPSA) is 55.1 Å². The molecule has 0 bridgehead atoms. The maximum absolute atomic E-state index is 11.7. The molecule has 17 heavy (non-hydrogen) atoms. The number of aryl methyl sites for hydroxylation is 1. The highest BCUT2D eigenvalue weighted by molar-refractivity contribution is 6.03. The van der Waals surface area contributed by atoms with Gasteiger partial charge in [-0.25, -0.2) is 0 Å².